The smallest absolute Gasteiger partial charge is 0.249 e. The number of ether oxygens (including phenoxy) is 1. The fraction of sp³-hybridized carbons (Fsp3) is 0.741. The van der Waals surface area contributed by atoms with Crippen LogP contribution in [0.2, 0.25) is 0 Å². The summed E-state index contributed by atoms with van der Waals surface area (Å²) in [5.74, 6) is -1.79. The first-order valence-corrected chi connectivity index (χ1v) is 13.3. The highest BCUT2D eigenvalue weighted by Gasteiger charge is 2.75. The summed E-state index contributed by atoms with van der Waals surface area (Å²) in [6.45, 7) is 7.59. The van der Waals surface area contributed by atoms with E-state index in [1.807, 2.05) is 36.1 Å². The molecule has 6 atom stereocenters. The Morgan fingerprint density at radius 2 is 1.77 bits per heavy atom. The number of hydrogen-bond donors (Lipinski definition) is 1. The fourth-order valence-corrected chi connectivity index (χ4v) is 6.68. The van der Waals surface area contributed by atoms with Gasteiger partial charge in [-0.05, 0) is 39.0 Å². The van der Waals surface area contributed by atoms with E-state index in [9.17, 15) is 19.5 Å². The molecule has 1 N–H and O–H groups in total. The highest BCUT2D eigenvalue weighted by atomic mass is 16.5. The van der Waals surface area contributed by atoms with E-state index < -0.39 is 29.1 Å². The van der Waals surface area contributed by atoms with Crippen molar-refractivity contribution in [1.29, 1.82) is 0 Å². The number of aliphatic hydroxyl groups is 1. The maximum absolute atomic E-state index is 14.2. The van der Waals surface area contributed by atoms with Crippen molar-refractivity contribution in [3.05, 3.63) is 24.3 Å². The van der Waals surface area contributed by atoms with E-state index >= 15 is 0 Å². The third-order valence-corrected chi connectivity index (χ3v) is 8.47. The lowest BCUT2D eigenvalue weighted by molar-refractivity contribution is -0.155. The zero-order chi connectivity index (χ0) is 25.4. The molecule has 4 rings (SSSR count). The number of rotatable bonds is 9. The molecule has 2 unspecified atom stereocenters. The lowest BCUT2D eigenvalue weighted by Gasteiger charge is -2.39. The van der Waals surface area contributed by atoms with Gasteiger partial charge < -0.3 is 24.5 Å². The zero-order valence-corrected chi connectivity index (χ0v) is 21.6. The molecule has 0 aromatic heterocycles. The van der Waals surface area contributed by atoms with Crippen LogP contribution in [-0.4, -0.2) is 94.1 Å². The van der Waals surface area contributed by atoms with Crippen LogP contribution >= 0.6 is 0 Å². The summed E-state index contributed by atoms with van der Waals surface area (Å²) in [5.41, 5.74) is -2.09. The number of carbonyl (C=O) groups excluding carboxylic acids is 3. The molecule has 35 heavy (non-hydrogen) atoms. The van der Waals surface area contributed by atoms with Crippen LogP contribution < -0.4 is 0 Å². The normalized spacial score (nSPS) is 35.2. The summed E-state index contributed by atoms with van der Waals surface area (Å²) >= 11 is 0. The Balaban J connectivity index is 1.81. The van der Waals surface area contributed by atoms with Gasteiger partial charge in [-0.3, -0.25) is 14.4 Å². The molecule has 0 radical (unpaired) electrons. The summed E-state index contributed by atoms with van der Waals surface area (Å²) in [6, 6.07) is -0.758. The van der Waals surface area contributed by atoms with Crippen molar-refractivity contribution < 1.29 is 24.2 Å². The number of hydrogen-bond acceptors (Lipinski definition) is 5. The highest BCUT2D eigenvalue weighted by molar-refractivity contribution is 6.00. The Morgan fingerprint density at radius 3 is 2.46 bits per heavy atom. The molecule has 0 aliphatic carbocycles. The molecule has 8 nitrogen and oxygen atoms in total. The third-order valence-electron chi connectivity index (χ3n) is 8.47. The molecule has 0 bridgehead atoms. The van der Waals surface area contributed by atoms with Crippen LogP contribution in [0.25, 0.3) is 0 Å². The molecule has 0 aromatic carbocycles. The van der Waals surface area contributed by atoms with Crippen molar-refractivity contribution in [2.75, 3.05) is 33.3 Å². The maximum atomic E-state index is 14.2. The number of carbonyl (C=O) groups is 3. The molecule has 194 valence electrons. The molecule has 4 heterocycles. The van der Waals surface area contributed by atoms with Crippen molar-refractivity contribution in [2.24, 2.45) is 11.8 Å². The largest absolute Gasteiger partial charge is 0.396 e. The number of amides is 3. The summed E-state index contributed by atoms with van der Waals surface area (Å²) in [6.07, 6.45) is 12.3. The van der Waals surface area contributed by atoms with Crippen LogP contribution in [0.3, 0.4) is 0 Å². The van der Waals surface area contributed by atoms with E-state index in [0.29, 0.717) is 38.9 Å². The van der Waals surface area contributed by atoms with E-state index in [0.717, 1.165) is 19.3 Å². The van der Waals surface area contributed by atoms with Gasteiger partial charge in [0.15, 0.2) is 0 Å². The van der Waals surface area contributed by atoms with Gasteiger partial charge in [-0.15, -0.1) is 0 Å². The second kappa shape index (κ2) is 10.1. The molecular formula is C27H41N3O5. The van der Waals surface area contributed by atoms with Crippen molar-refractivity contribution in [3.63, 3.8) is 0 Å². The fourth-order valence-electron chi connectivity index (χ4n) is 6.68. The maximum Gasteiger partial charge on any atom is 0.249 e. The standard InChI is InChI=1S/C27H41N3O5/c1-5-12-19(3)29-17-11-14-27-21(20-23(32)28(4)15-10-13-26(20,6-2)35-27)24(33)30(22(27)25(29)34)16-8-7-9-18-31/h10-11,13-14,19-22,31H,5-9,12,15-18H2,1-4H3/t19?,20-,21-,22?,26+,27-/m0/s1. The summed E-state index contributed by atoms with van der Waals surface area (Å²) in [5, 5.41) is 9.20. The molecule has 2 fully saturated rings. The Kier molecular flexibility index (Phi) is 7.44. The third kappa shape index (κ3) is 4.02. The molecule has 0 aromatic rings. The second-order valence-electron chi connectivity index (χ2n) is 10.6. The quantitative estimate of drug-likeness (QED) is 0.398. The van der Waals surface area contributed by atoms with Gasteiger partial charge in [-0.1, -0.05) is 44.6 Å². The van der Waals surface area contributed by atoms with Crippen molar-refractivity contribution in [3.8, 4) is 0 Å². The molecule has 3 amide bonds. The van der Waals surface area contributed by atoms with E-state index in [1.54, 1.807) is 16.8 Å². The van der Waals surface area contributed by atoms with Crippen molar-refractivity contribution in [2.45, 2.75) is 82.6 Å². The molecule has 1 spiro atoms. The average molecular weight is 488 g/mol. The predicted octanol–water partition coefficient (Wildman–Crippen LogP) is 2.13. The number of nitrogens with zero attached hydrogens (tertiary/aromatic N) is 3. The first kappa shape index (κ1) is 25.9. The highest BCUT2D eigenvalue weighted by Crippen LogP contribution is 2.58. The van der Waals surface area contributed by atoms with Crippen LogP contribution in [0.5, 0.6) is 0 Å². The monoisotopic (exact) mass is 487 g/mol. The van der Waals surface area contributed by atoms with E-state index in [1.165, 1.54) is 0 Å². The first-order chi connectivity index (χ1) is 16.8. The minimum atomic E-state index is -1.18. The van der Waals surface area contributed by atoms with Gasteiger partial charge in [-0.25, -0.2) is 0 Å². The Bertz CT molecular complexity index is 903. The summed E-state index contributed by atoms with van der Waals surface area (Å²) in [4.78, 5) is 47.2. The molecule has 0 saturated carbocycles. The lowest BCUT2D eigenvalue weighted by Crippen LogP contribution is -2.57. The molecule has 2 saturated heterocycles. The van der Waals surface area contributed by atoms with E-state index in [-0.39, 0.29) is 30.4 Å². The number of likely N-dealkylation sites (tertiary alicyclic amines) is 1. The van der Waals surface area contributed by atoms with Crippen LogP contribution in [0.4, 0.5) is 0 Å². The zero-order valence-electron chi connectivity index (χ0n) is 21.6. The van der Waals surface area contributed by atoms with Crippen LogP contribution in [0.1, 0.15) is 59.3 Å². The van der Waals surface area contributed by atoms with Gasteiger partial charge in [0, 0.05) is 39.3 Å². The summed E-state index contributed by atoms with van der Waals surface area (Å²) < 4.78 is 6.91. The van der Waals surface area contributed by atoms with Crippen molar-refractivity contribution in [1.82, 2.24) is 14.7 Å². The van der Waals surface area contributed by atoms with Gasteiger partial charge in [0.2, 0.25) is 17.7 Å². The molecule has 8 heteroatoms. The van der Waals surface area contributed by atoms with Gasteiger partial charge in [0.1, 0.15) is 11.6 Å². The molecular weight excluding hydrogens is 446 g/mol. The Labute approximate surface area is 208 Å². The number of unbranched alkanes of at least 4 members (excludes halogenated alkanes) is 2. The van der Waals surface area contributed by atoms with Gasteiger partial charge in [-0.2, -0.15) is 0 Å². The molecule has 4 aliphatic heterocycles. The average Bonchev–Trinajstić information content (AvgIpc) is 3.13. The number of fused-ring (bicyclic) bond motifs is 2. The van der Waals surface area contributed by atoms with Gasteiger partial charge in [0.05, 0.1) is 17.4 Å². The Morgan fingerprint density at radius 1 is 1.03 bits per heavy atom. The van der Waals surface area contributed by atoms with Crippen LogP contribution in [0.15, 0.2) is 24.3 Å². The van der Waals surface area contributed by atoms with Crippen LogP contribution in [-0.2, 0) is 19.1 Å². The lowest BCUT2D eigenvalue weighted by atomic mass is 9.73. The molecule has 4 aliphatic rings. The van der Waals surface area contributed by atoms with E-state index in [2.05, 4.69) is 13.8 Å². The minimum absolute atomic E-state index is 0.0392. The van der Waals surface area contributed by atoms with Gasteiger partial charge in [0.25, 0.3) is 0 Å². The van der Waals surface area contributed by atoms with Gasteiger partial charge >= 0.3 is 0 Å². The number of likely N-dealkylation sites (N-methyl/N-ethyl adjacent to an activating group) is 1. The Hall–Kier alpha value is -2.19. The van der Waals surface area contributed by atoms with Crippen LogP contribution in [0, 0.1) is 11.8 Å². The predicted molar refractivity (Wildman–Crippen MR) is 132 cm³/mol. The summed E-state index contributed by atoms with van der Waals surface area (Å²) in [7, 11) is 1.76. The SMILES string of the molecule is CCCC(C)N1CC=C[C@]23O[C@]4(CC)C=CCN(C)C(=O)[C@@H]4[C@H]2C(=O)N(CCCCCO)C3C1=O. The topological polar surface area (TPSA) is 90.4 Å². The van der Waals surface area contributed by atoms with E-state index in [4.69, 9.17) is 4.74 Å². The second-order valence-corrected chi connectivity index (χ2v) is 10.6. The first-order valence-electron chi connectivity index (χ1n) is 13.3. The minimum Gasteiger partial charge on any atom is -0.396 e. The van der Waals surface area contributed by atoms with Crippen molar-refractivity contribution >= 4 is 17.7 Å². The number of aliphatic hydroxyl groups excluding tert-OH is 1.